The summed E-state index contributed by atoms with van der Waals surface area (Å²) in [5, 5.41) is 29.9. The third-order valence-corrected chi connectivity index (χ3v) is 5.25. The molecule has 3 rings (SSSR count). The summed E-state index contributed by atoms with van der Waals surface area (Å²) in [6, 6.07) is 8.49. The van der Waals surface area contributed by atoms with Gasteiger partial charge in [0.2, 0.25) is 5.71 Å². The summed E-state index contributed by atoms with van der Waals surface area (Å²) in [7, 11) is 0. The molecule has 1 aromatic rings. The number of nitrogens with two attached hydrogens (primary N) is 1. The zero-order valence-corrected chi connectivity index (χ0v) is 15.1. The van der Waals surface area contributed by atoms with Crippen molar-refractivity contribution in [2.45, 2.75) is 57.2 Å². The van der Waals surface area contributed by atoms with Crippen molar-refractivity contribution in [1.82, 2.24) is 10.5 Å². The fraction of sp³-hybridized carbons (Fsp3) is 0.500. The molecule has 26 heavy (non-hydrogen) atoms. The van der Waals surface area contributed by atoms with E-state index in [0.717, 1.165) is 34.6 Å². The number of amides is 2. The van der Waals surface area contributed by atoms with Crippen LogP contribution in [0, 0.1) is 5.21 Å². The molecule has 1 aliphatic carbocycles. The van der Waals surface area contributed by atoms with E-state index in [1.54, 1.807) is 13.8 Å². The Labute approximate surface area is 152 Å². The second-order valence-electron chi connectivity index (χ2n) is 7.29. The number of hydrogen-bond acceptors (Lipinski definition) is 5. The van der Waals surface area contributed by atoms with Crippen molar-refractivity contribution >= 4 is 17.5 Å². The fourth-order valence-corrected chi connectivity index (χ4v) is 4.05. The lowest BCUT2D eigenvalue weighted by molar-refractivity contribution is -0.567. The molecule has 2 aliphatic rings. The smallest absolute Gasteiger partial charge is 0.332 e. The molecule has 0 saturated heterocycles. The van der Waals surface area contributed by atoms with Gasteiger partial charge in [0.05, 0.1) is 0 Å². The molecule has 140 valence electrons. The monoisotopic (exact) mass is 359 g/mol. The van der Waals surface area contributed by atoms with Crippen LogP contribution in [0.5, 0.6) is 0 Å². The van der Waals surface area contributed by atoms with Crippen LogP contribution in [0.1, 0.15) is 51.5 Å². The molecule has 0 unspecified atom stereocenters. The lowest BCUT2D eigenvalue weighted by Gasteiger charge is -2.35. The Morgan fingerprint density at radius 2 is 2.00 bits per heavy atom. The van der Waals surface area contributed by atoms with Gasteiger partial charge in [-0.25, -0.2) is 10.2 Å². The van der Waals surface area contributed by atoms with Gasteiger partial charge in [0.15, 0.2) is 0 Å². The molecule has 0 aromatic heterocycles. The van der Waals surface area contributed by atoms with Crippen molar-refractivity contribution in [3.63, 3.8) is 0 Å². The maximum Gasteiger partial charge on any atom is 0.332 e. The molecule has 4 N–H and O–H groups in total. The minimum Gasteiger partial charge on any atom is -0.622 e. The largest absolute Gasteiger partial charge is 0.622 e. The molecule has 1 aliphatic heterocycles. The van der Waals surface area contributed by atoms with Crippen molar-refractivity contribution in [3.8, 4) is 0 Å². The Hall–Kier alpha value is -2.45. The van der Waals surface area contributed by atoms with Gasteiger partial charge in [0.25, 0.3) is 5.66 Å². The zero-order chi connectivity index (χ0) is 18.9. The van der Waals surface area contributed by atoms with Gasteiger partial charge in [-0.1, -0.05) is 24.6 Å². The first-order chi connectivity index (χ1) is 12.3. The van der Waals surface area contributed by atoms with Gasteiger partial charge < -0.3 is 16.1 Å². The van der Waals surface area contributed by atoms with Crippen molar-refractivity contribution in [1.29, 1.82) is 0 Å². The number of nitrogens with one attached hydrogen (secondary N) is 1. The van der Waals surface area contributed by atoms with Crippen molar-refractivity contribution in [2.75, 3.05) is 0 Å². The van der Waals surface area contributed by atoms with E-state index in [-0.39, 0.29) is 0 Å². The van der Waals surface area contributed by atoms with Crippen LogP contribution in [-0.4, -0.2) is 43.7 Å². The van der Waals surface area contributed by atoms with E-state index in [9.17, 15) is 15.2 Å². The molecule has 1 saturated carbocycles. The molecular formula is C18H25N5O3. The molecule has 1 atom stereocenters. The number of carbonyl (C=O) groups is 1. The number of hydrogen-bond donors (Lipinski definition) is 3. The molecule has 1 spiro atoms. The van der Waals surface area contributed by atoms with Gasteiger partial charge >= 0.3 is 6.03 Å². The lowest BCUT2D eigenvalue weighted by Crippen LogP contribution is -2.59. The first-order valence-corrected chi connectivity index (χ1v) is 8.83. The molecule has 1 heterocycles. The standard InChI is InChI=1S/C18H25N5O3/c1-17(2)15(13-9-5-3-6-10-13)22(25)18(23(17)26)12-8-4-7-11-14(18)20-21-16(19)24/h3,5-6,9-10,26H,4,7-8,11-12H2,1-2H3,(H3,19,21,24)/b20-14-/t18-/m1/s1. The SMILES string of the molecule is CC1(C)C(c2ccccc2)=[N+]([O-])[C@]2(CCCCC/C2=N/NC(N)=O)N1O. The molecule has 0 bridgehead atoms. The predicted molar refractivity (Wildman–Crippen MR) is 97.9 cm³/mol. The second kappa shape index (κ2) is 6.69. The van der Waals surface area contributed by atoms with Crippen LogP contribution < -0.4 is 11.2 Å². The number of nitrogens with zero attached hydrogens (tertiary/aromatic N) is 3. The molecule has 8 nitrogen and oxygen atoms in total. The van der Waals surface area contributed by atoms with Crippen LogP contribution in [0.2, 0.25) is 0 Å². The van der Waals surface area contributed by atoms with Gasteiger partial charge in [-0.3, -0.25) is 0 Å². The predicted octanol–water partition coefficient (Wildman–Crippen LogP) is 2.15. The van der Waals surface area contributed by atoms with Crippen LogP contribution in [0.25, 0.3) is 0 Å². The Kier molecular flexibility index (Phi) is 4.72. The lowest BCUT2D eigenvalue weighted by atomic mass is 9.91. The normalized spacial score (nSPS) is 27.7. The van der Waals surface area contributed by atoms with Crippen LogP contribution in [0.15, 0.2) is 35.4 Å². The van der Waals surface area contributed by atoms with Crippen LogP contribution in [0.4, 0.5) is 4.79 Å². The average molecular weight is 359 g/mol. The summed E-state index contributed by atoms with van der Waals surface area (Å²) in [6.45, 7) is 3.61. The van der Waals surface area contributed by atoms with Crippen LogP contribution in [-0.2, 0) is 0 Å². The van der Waals surface area contributed by atoms with E-state index in [1.807, 2.05) is 30.3 Å². The van der Waals surface area contributed by atoms with Gasteiger partial charge in [-0.15, -0.1) is 5.06 Å². The quantitative estimate of drug-likeness (QED) is 0.426. The highest BCUT2D eigenvalue weighted by molar-refractivity contribution is 6.07. The topological polar surface area (TPSA) is 117 Å². The summed E-state index contributed by atoms with van der Waals surface area (Å²) in [5.74, 6) is 0. The zero-order valence-electron chi connectivity index (χ0n) is 15.1. The van der Waals surface area contributed by atoms with Crippen LogP contribution in [0.3, 0.4) is 0 Å². The maximum absolute atomic E-state index is 13.6. The van der Waals surface area contributed by atoms with Crippen LogP contribution >= 0.6 is 0 Å². The minimum atomic E-state index is -1.35. The Morgan fingerprint density at radius 1 is 1.31 bits per heavy atom. The van der Waals surface area contributed by atoms with E-state index in [4.69, 9.17) is 5.73 Å². The van der Waals surface area contributed by atoms with E-state index >= 15 is 0 Å². The van der Waals surface area contributed by atoms with E-state index in [0.29, 0.717) is 24.3 Å². The van der Waals surface area contributed by atoms with Gasteiger partial charge in [-0.2, -0.15) is 9.84 Å². The van der Waals surface area contributed by atoms with E-state index in [2.05, 4.69) is 10.5 Å². The first kappa shape index (κ1) is 18.3. The number of hydroxylamine groups is 3. The third-order valence-electron chi connectivity index (χ3n) is 5.25. The van der Waals surface area contributed by atoms with E-state index in [1.165, 1.54) is 0 Å². The molecule has 0 radical (unpaired) electrons. The molecule has 8 heteroatoms. The summed E-state index contributed by atoms with van der Waals surface area (Å²) in [4.78, 5) is 11.1. The summed E-state index contributed by atoms with van der Waals surface area (Å²) < 4.78 is 0.870. The average Bonchev–Trinajstić information content (AvgIpc) is 2.77. The van der Waals surface area contributed by atoms with Crippen molar-refractivity contribution in [2.24, 2.45) is 10.8 Å². The van der Waals surface area contributed by atoms with Gasteiger partial charge in [-0.05, 0) is 45.2 Å². The number of urea groups is 1. The molecular weight excluding hydrogens is 334 g/mol. The van der Waals surface area contributed by atoms with Crippen molar-refractivity contribution in [3.05, 3.63) is 41.1 Å². The Morgan fingerprint density at radius 3 is 2.65 bits per heavy atom. The molecule has 2 amide bonds. The summed E-state index contributed by atoms with van der Waals surface area (Å²) >= 11 is 0. The summed E-state index contributed by atoms with van der Waals surface area (Å²) in [6.07, 6.45) is 3.41. The maximum atomic E-state index is 13.6. The molecule has 1 fully saturated rings. The number of benzene rings is 1. The Balaban J connectivity index is 2.20. The first-order valence-electron chi connectivity index (χ1n) is 8.83. The highest BCUT2D eigenvalue weighted by atomic mass is 16.6. The number of rotatable bonds is 2. The molecule has 1 aromatic carbocycles. The summed E-state index contributed by atoms with van der Waals surface area (Å²) in [5.41, 5.74) is 6.73. The Bertz CT molecular complexity index is 759. The highest BCUT2D eigenvalue weighted by Crippen LogP contribution is 2.41. The van der Waals surface area contributed by atoms with Gasteiger partial charge in [0, 0.05) is 12.0 Å². The fourth-order valence-electron chi connectivity index (χ4n) is 4.05. The number of carbonyl (C=O) groups excluding carboxylic acids is 1. The van der Waals surface area contributed by atoms with E-state index < -0.39 is 17.2 Å². The third kappa shape index (κ3) is 2.75. The van der Waals surface area contributed by atoms with Gasteiger partial charge in [0.1, 0.15) is 11.3 Å². The van der Waals surface area contributed by atoms with Crippen molar-refractivity contribution < 1.29 is 14.7 Å². The number of hydrazone groups is 1. The highest BCUT2D eigenvalue weighted by Gasteiger charge is 2.64. The second-order valence-corrected chi connectivity index (χ2v) is 7.29. The number of primary amides is 1. The minimum absolute atomic E-state index is 0.409.